The number of nitrogens with two attached hydrogens (primary N) is 2. The van der Waals surface area contributed by atoms with E-state index in [9.17, 15) is 8.42 Å². The largest absolute Gasteiger partial charge is 0.423 e. The Bertz CT molecular complexity index is 3690. The van der Waals surface area contributed by atoms with Gasteiger partial charge in [0.25, 0.3) is 12.0 Å². The molecule has 20 heteroatoms. The molecule has 4 aromatic carbocycles. The van der Waals surface area contributed by atoms with Crippen LogP contribution in [0.2, 0.25) is 0 Å². The quantitative estimate of drug-likeness (QED) is 0.111. The number of sulfone groups is 1. The van der Waals surface area contributed by atoms with Gasteiger partial charge < -0.3 is 30.9 Å². The molecule has 0 bridgehead atoms. The Hall–Kier alpha value is -7.58. The molecule has 0 atom stereocenters. The van der Waals surface area contributed by atoms with Crippen LogP contribution in [0.25, 0.3) is 66.8 Å². The van der Waals surface area contributed by atoms with Gasteiger partial charge in [-0.25, -0.2) is 37.7 Å². The zero-order valence-corrected chi connectivity index (χ0v) is 40.6. The molecule has 10 aromatic rings. The van der Waals surface area contributed by atoms with Gasteiger partial charge in [0.2, 0.25) is 0 Å². The SMILES string of the molecule is Cc1cc(C)c2oc(Nc3ccc(-c4nn(C5CCS(=O)(=O)CC5)c5ncnc(N)c45)cc3)nc2c1.Cc1cc(C)c2oc(Nc3ccc(-c4nn(C5CCSCC5)c5ncnc(N)c45)cc3)nc2c1. The maximum atomic E-state index is 11.9. The molecule has 2 fully saturated rings. The number of nitrogens with zero attached hydrogens (tertiary/aromatic N) is 10. The Morgan fingerprint density at radius 1 is 0.600 bits per heavy atom. The van der Waals surface area contributed by atoms with E-state index >= 15 is 0 Å². The van der Waals surface area contributed by atoms with Gasteiger partial charge in [0.1, 0.15) is 56.5 Å². The smallest absolute Gasteiger partial charge is 0.300 e. The second kappa shape index (κ2) is 18.1. The molecule has 2 aliphatic rings. The first kappa shape index (κ1) is 44.9. The van der Waals surface area contributed by atoms with Crippen molar-refractivity contribution in [1.82, 2.24) is 49.5 Å². The van der Waals surface area contributed by atoms with E-state index < -0.39 is 9.84 Å². The lowest BCUT2D eigenvalue weighted by atomic mass is 10.1. The lowest BCUT2D eigenvalue weighted by Crippen LogP contribution is -2.26. The lowest BCUT2D eigenvalue weighted by Gasteiger charge is -2.22. The minimum atomic E-state index is -2.99. The van der Waals surface area contributed by atoms with Gasteiger partial charge in [0, 0.05) is 22.5 Å². The van der Waals surface area contributed by atoms with Crippen LogP contribution in [0, 0.1) is 27.7 Å². The number of nitrogens with one attached hydrogen (secondary N) is 2. The van der Waals surface area contributed by atoms with Crippen molar-refractivity contribution >= 4 is 101 Å². The molecular weight excluding hydrogens is 925 g/mol. The molecule has 18 nitrogen and oxygen atoms in total. The van der Waals surface area contributed by atoms with Crippen LogP contribution in [0.4, 0.5) is 35.0 Å². The molecule has 0 radical (unpaired) electrons. The average molecular weight is 975 g/mol. The summed E-state index contributed by atoms with van der Waals surface area (Å²) in [6.07, 6.45) is 6.08. The topological polar surface area (TPSA) is 250 Å². The Morgan fingerprint density at radius 3 is 1.47 bits per heavy atom. The monoisotopic (exact) mass is 974 g/mol. The van der Waals surface area contributed by atoms with Crippen molar-refractivity contribution in [2.75, 3.05) is 45.1 Å². The number of oxazole rings is 2. The molecule has 70 heavy (non-hydrogen) atoms. The summed E-state index contributed by atoms with van der Waals surface area (Å²) in [4.78, 5) is 26.5. The number of aromatic nitrogens is 10. The number of anilines is 6. The van der Waals surface area contributed by atoms with Gasteiger partial charge in [0.15, 0.2) is 22.5 Å². The van der Waals surface area contributed by atoms with Gasteiger partial charge in [-0.15, -0.1) is 0 Å². The molecule has 0 amide bonds. The van der Waals surface area contributed by atoms with Crippen molar-refractivity contribution in [3.8, 4) is 22.5 Å². The number of hydrogen-bond donors (Lipinski definition) is 4. The number of rotatable bonds is 8. The Kier molecular flexibility index (Phi) is 11.6. The highest BCUT2D eigenvalue weighted by Crippen LogP contribution is 2.38. The summed E-state index contributed by atoms with van der Waals surface area (Å²) in [5.41, 5.74) is 26.6. The highest BCUT2D eigenvalue weighted by molar-refractivity contribution is 7.99. The molecule has 6 aromatic heterocycles. The van der Waals surface area contributed by atoms with Crippen LogP contribution >= 0.6 is 11.8 Å². The third-order valence-corrected chi connectivity index (χ3v) is 15.7. The minimum absolute atomic E-state index is 0.0636. The third-order valence-electron chi connectivity index (χ3n) is 12.9. The van der Waals surface area contributed by atoms with Crippen LogP contribution < -0.4 is 22.1 Å². The standard InChI is InChI=1S/C25H25N7O3S.C25H25N7OS/c1-14-11-15(2)22-19(12-14)30-25(35-22)29-17-5-3-16(4-6-17)21-20-23(26)27-13-28-24(20)32(31-21)18-7-9-36(33,34)10-8-18;1-14-11-15(2)22-19(12-14)30-25(33-22)29-17-5-3-16(4-6-17)21-20-23(26)27-13-28-24(20)32(31-21)18-7-9-34-10-8-18/h3-6,11-13,18H,7-10H2,1-2H3,(H,29,30)(H2,26,27,28);3-6,11-13,18H,7-10H2,1-2H3,(H,29,30)(H2,26,27,28). The molecule has 0 spiro atoms. The van der Waals surface area contributed by atoms with E-state index in [0.717, 1.165) is 108 Å². The van der Waals surface area contributed by atoms with Gasteiger partial charge in [-0.05, 0) is 124 Å². The van der Waals surface area contributed by atoms with Gasteiger partial charge in [-0.2, -0.15) is 31.9 Å². The minimum Gasteiger partial charge on any atom is -0.423 e. The van der Waals surface area contributed by atoms with E-state index in [2.05, 4.69) is 64.3 Å². The number of thioether (sulfide) groups is 1. The number of aryl methyl sites for hydroxylation is 4. The highest BCUT2D eigenvalue weighted by Gasteiger charge is 2.29. The van der Waals surface area contributed by atoms with E-state index in [-0.39, 0.29) is 17.5 Å². The summed E-state index contributed by atoms with van der Waals surface area (Å²) in [5, 5.41) is 17.8. The average Bonchev–Trinajstić information content (AvgIpc) is 4.14. The molecule has 12 rings (SSSR count). The fraction of sp³-hybridized carbons (Fsp3) is 0.280. The van der Waals surface area contributed by atoms with Crippen LogP contribution in [-0.2, 0) is 9.84 Å². The highest BCUT2D eigenvalue weighted by atomic mass is 32.2. The summed E-state index contributed by atoms with van der Waals surface area (Å²) in [6.45, 7) is 8.13. The van der Waals surface area contributed by atoms with Crippen LogP contribution in [0.1, 0.15) is 60.0 Å². The van der Waals surface area contributed by atoms with E-state index in [1.807, 2.05) is 97.9 Å². The predicted molar refractivity (Wildman–Crippen MR) is 276 cm³/mol. The zero-order chi connectivity index (χ0) is 48.3. The summed E-state index contributed by atoms with van der Waals surface area (Å²) < 4.78 is 39.6. The van der Waals surface area contributed by atoms with Crippen molar-refractivity contribution in [1.29, 1.82) is 0 Å². The summed E-state index contributed by atoms with van der Waals surface area (Å²) >= 11 is 1.99. The summed E-state index contributed by atoms with van der Waals surface area (Å²) in [7, 11) is -2.99. The molecule has 0 unspecified atom stereocenters. The second-order valence-electron chi connectivity index (χ2n) is 18.0. The predicted octanol–water partition coefficient (Wildman–Crippen LogP) is 9.97. The van der Waals surface area contributed by atoms with E-state index in [4.69, 9.17) is 30.5 Å². The van der Waals surface area contributed by atoms with E-state index in [0.29, 0.717) is 59.3 Å². The van der Waals surface area contributed by atoms with Gasteiger partial charge in [0.05, 0.1) is 34.4 Å². The first-order chi connectivity index (χ1) is 33.8. The molecule has 356 valence electrons. The molecule has 8 heterocycles. The van der Waals surface area contributed by atoms with Gasteiger partial charge in [-0.1, -0.05) is 36.4 Å². The summed E-state index contributed by atoms with van der Waals surface area (Å²) in [5.74, 6) is 3.35. The van der Waals surface area contributed by atoms with Crippen molar-refractivity contribution in [2.24, 2.45) is 0 Å². The molecule has 2 aliphatic heterocycles. The summed E-state index contributed by atoms with van der Waals surface area (Å²) in [6, 6.07) is 25.1. The molecule has 6 N–H and O–H groups in total. The number of hydrogen-bond acceptors (Lipinski definition) is 17. The fourth-order valence-corrected chi connectivity index (χ4v) is 12.0. The number of benzene rings is 4. The van der Waals surface area contributed by atoms with Crippen LogP contribution in [0.15, 0.2) is 94.3 Å². The van der Waals surface area contributed by atoms with Gasteiger partial charge >= 0.3 is 0 Å². The van der Waals surface area contributed by atoms with Crippen LogP contribution in [0.5, 0.6) is 0 Å². The molecule has 0 saturated carbocycles. The Balaban J connectivity index is 0.000000153. The van der Waals surface area contributed by atoms with Crippen molar-refractivity contribution < 1.29 is 17.3 Å². The molecule has 2 saturated heterocycles. The maximum Gasteiger partial charge on any atom is 0.300 e. The Labute approximate surface area is 406 Å². The van der Waals surface area contributed by atoms with E-state index in [1.165, 1.54) is 12.7 Å². The van der Waals surface area contributed by atoms with Crippen LogP contribution in [0.3, 0.4) is 0 Å². The maximum absolute atomic E-state index is 11.9. The zero-order valence-electron chi connectivity index (χ0n) is 39.0. The van der Waals surface area contributed by atoms with Crippen molar-refractivity contribution in [3.05, 3.63) is 108 Å². The lowest BCUT2D eigenvalue weighted by molar-refractivity contribution is 0.423. The molecule has 0 aliphatic carbocycles. The number of fused-ring (bicyclic) bond motifs is 4. The second-order valence-corrected chi connectivity index (χ2v) is 21.6. The molecular formula is C50H50N14O4S2. The van der Waals surface area contributed by atoms with Crippen LogP contribution in [-0.4, -0.2) is 80.9 Å². The van der Waals surface area contributed by atoms with E-state index in [1.54, 1.807) is 0 Å². The first-order valence-electron chi connectivity index (χ1n) is 23.1. The normalized spacial score (nSPS) is 15.4. The third kappa shape index (κ3) is 8.72. The fourth-order valence-electron chi connectivity index (χ4n) is 9.49. The van der Waals surface area contributed by atoms with Crippen molar-refractivity contribution in [2.45, 2.75) is 65.5 Å². The number of nitrogen functional groups attached to an aromatic ring is 2. The van der Waals surface area contributed by atoms with Crippen molar-refractivity contribution in [3.63, 3.8) is 0 Å². The Morgan fingerprint density at radius 2 is 1.03 bits per heavy atom. The first-order valence-corrected chi connectivity index (χ1v) is 26.1. The van der Waals surface area contributed by atoms with Gasteiger partial charge in [-0.3, -0.25) is 0 Å².